The van der Waals surface area contributed by atoms with Crippen molar-refractivity contribution in [1.29, 1.82) is 0 Å². The van der Waals surface area contributed by atoms with Crippen molar-refractivity contribution in [2.24, 2.45) is 0 Å². The number of nitrogens with zero attached hydrogens (tertiary/aromatic N) is 1. The van der Waals surface area contributed by atoms with Crippen molar-refractivity contribution in [3.63, 3.8) is 0 Å². The molecule has 0 unspecified atom stereocenters. The molecule has 0 bridgehead atoms. The van der Waals surface area contributed by atoms with Gasteiger partial charge in [0.15, 0.2) is 6.61 Å². The molecule has 2 aromatic carbocycles. The molecule has 2 amide bonds. The summed E-state index contributed by atoms with van der Waals surface area (Å²) in [6, 6.07) is 11.7. The highest BCUT2D eigenvalue weighted by Gasteiger charge is 2.29. The van der Waals surface area contributed by atoms with Crippen LogP contribution in [0.15, 0.2) is 46.9 Å². The molecule has 0 aliphatic rings. The lowest BCUT2D eigenvalue weighted by Gasteiger charge is -2.30. The van der Waals surface area contributed by atoms with Crippen LogP contribution >= 0.6 is 39.1 Å². The molecule has 1 N–H and O–H groups in total. The summed E-state index contributed by atoms with van der Waals surface area (Å²) in [6.07, 6.45) is 2.36. The topological polar surface area (TPSA) is 58.6 Å². The maximum absolute atomic E-state index is 13.2. The van der Waals surface area contributed by atoms with Crippen LogP contribution in [0, 0.1) is 0 Å². The second-order valence-corrected chi connectivity index (χ2v) is 8.81. The van der Waals surface area contributed by atoms with E-state index in [1.807, 2.05) is 19.1 Å². The lowest BCUT2D eigenvalue weighted by atomic mass is 10.1. The molecule has 2 rings (SSSR count). The smallest absolute Gasteiger partial charge is 0.261 e. The van der Waals surface area contributed by atoms with Gasteiger partial charge in [-0.05, 0) is 64.7 Å². The van der Waals surface area contributed by atoms with Crippen LogP contribution in [0.1, 0.15) is 38.7 Å². The predicted octanol–water partition coefficient (Wildman–Crippen LogP) is 5.86. The number of amides is 2. The summed E-state index contributed by atoms with van der Waals surface area (Å²) >= 11 is 15.3. The van der Waals surface area contributed by atoms with Crippen molar-refractivity contribution in [3.05, 3.63) is 62.5 Å². The standard InChI is InChI=1S/C23H27BrCl2N2O3/c1-3-5-12-27-23(30)20(4-2)28(14-16-6-8-17(25)9-7-16)22(29)15-31-21-11-10-18(26)13-19(21)24/h6-11,13,20H,3-5,12,14-15H2,1-2H3,(H,27,30)/t20-/m1/s1. The number of benzene rings is 2. The van der Waals surface area contributed by atoms with Crippen LogP contribution in [-0.4, -0.2) is 35.9 Å². The Balaban J connectivity index is 2.18. The Morgan fingerprint density at radius 1 is 1.10 bits per heavy atom. The van der Waals surface area contributed by atoms with E-state index in [1.165, 1.54) is 0 Å². The first-order chi connectivity index (χ1) is 14.8. The van der Waals surface area contributed by atoms with E-state index in [0.717, 1.165) is 18.4 Å². The van der Waals surface area contributed by atoms with Crippen molar-refractivity contribution in [1.82, 2.24) is 10.2 Å². The summed E-state index contributed by atoms with van der Waals surface area (Å²) < 4.78 is 6.37. The van der Waals surface area contributed by atoms with E-state index < -0.39 is 6.04 Å². The summed E-state index contributed by atoms with van der Waals surface area (Å²) in [6.45, 7) is 4.62. The van der Waals surface area contributed by atoms with Crippen LogP contribution in [0.5, 0.6) is 5.75 Å². The van der Waals surface area contributed by atoms with Crippen LogP contribution in [0.4, 0.5) is 0 Å². The Labute approximate surface area is 202 Å². The molecule has 0 spiro atoms. The lowest BCUT2D eigenvalue weighted by Crippen LogP contribution is -2.50. The van der Waals surface area contributed by atoms with E-state index in [9.17, 15) is 9.59 Å². The number of carbonyl (C=O) groups excluding carboxylic acids is 2. The van der Waals surface area contributed by atoms with Gasteiger partial charge in [0, 0.05) is 23.1 Å². The minimum absolute atomic E-state index is 0.161. The second kappa shape index (κ2) is 12.9. The first-order valence-electron chi connectivity index (χ1n) is 10.2. The van der Waals surface area contributed by atoms with Crippen LogP contribution in [-0.2, 0) is 16.1 Å². The maximum atomic E-state index is 13.2. The Kier molecular flexibility index (Phi) is 10.6. The van der Waals surface area contributed by atoms with Gasteiger partial charge in [-0.3, -0.25) is 9.59 Å². The SMILES string of the molecule is CCCCNC(=O)[C@@H](CC)N(Cc1ccc(Cl)cc1)C(=O)COc1ccc(Cl)cc1Br. The number of unbranched alkanes of at least 4 members (excludes halogenated alkanes) is 1. The highest BCUT2D eigenvalue weighted by atomic mass is 79.9. The second-order valence-electron chi connectivity index (χ2n) is 7.08. The van der Waals surface area contributed by atoms with Gasteiger partial charge in [0.25, 0.3) is 5.91 Å². The fourth-order valence-electron chi connectivity index (χ4n) is 3.03. The van der Waals surface area contributed by atoms with E-state index in [1.54, 1.807) is 35.2 Å². The Hall–Kier alpha value is -1.76. The van der Waals surface area contributed by atoms with Gasteiger partial charge in [0.05, 0.1) is 4.47 Å². The number of nitrogens with one attached hydrogen (secondary N) is 1. The Morgan fingerprint density at radius 2 is 1.77 bits per heavy atom. The third kappa shape index (κ3) is 8.02. The zero-order valence-corrected chi connectivity index (χ0v) is 20.8. The fraction of sp³-hybridized carbons (Fsp3) is 0.391. The molecule has 0 aliphatic heterocycles. The minimum atomic E-state index is -0.600. The summed E-state index contributed by atoms with van der Waals surface area (Å²) in [7, 11) is 0. The lowest BCUT2D eigenvalue weighted by molar-refractivity contribution is -0.143. The van der Waals surface area contributed by atoms with Crippen LogP contribution in [0.25, 0.3) is 0 Å². The monoisotopic (exact) mass is 528 g/mol. The molecular weight excluding hydrogens is 503 g/mol. The largest absolute Gasteiger partial charge is 0.483 e. The van der Waals surface area contributed by atoms with Crippen molar-refractivity contribution < 1.29 is 14.3 Å². The zero-order valence-electron chi connectivity index (χ0n) is 17.7. The fourth-order valence-corrected chi connectivity index (χ4v) is 3.95. The Bertz CT molecular complexity index is 878. The zero-order chi connectivity index (χ0) is 22.8. The van der Waals surface area contributed by atoms with Crippen LogP contribution < -0.4 is 10.1 Å². The van der Waals surface area contributed by atoms with E-state index in [2.05, 4.69) is 28.2 Å². The van der Waals surface area contributed by atoms with Gasteiger partial charge < -0.3 is 15.0 Å². The maximum Gasteiger partial charge on any atom is 0.261 e. The molecule has 2 aromatic rings. The third-order valence-electron chi connectivity index (χ3n) is 4.73. The molecule has 0 saturated heterocycles. The van der Waals surface area contributed by atoms with Gasteiger partial charge in [-0.15, -0.1) is 0 Å². The van der Waals surface area contributed by atoms with Gasteiger partial charge >= 0.3 is 0 Å². The van der Waals surface area contributed by atoms with E-state index >= 15 is 0 Å². The molecule has 0 heterocycles. The molecular formula is C23H27BrCl2N2O3. The summed E-state index contributed by atoms with van der Waals surface area (Å²) in [5, 5.41) is 4.11. The summed E-state index contributed by atoms with van der Waals surface area (Å²) in [5.41, 5.74) is 0.880. The number of hydrogen-bond donors (Lipinski definition) is 1. The van der Waals surface area contributed by atoms with E-state index in [4.69, 9.17) is 27.9 Å². The van der Waals surface area contributed by atoms with E-state index in [0.29, 0.717) is 33.2 Å². The molecule has 1 atom stereocenters. The van der Waals surface area contributed by atoms with Gasteiger partial charge in [-0.2, -0.15) is 0 Å². The molecule has 168 valence electrons. The average Bonchev–Trinajstić information content (AvgIpc) is 2.74. The molecule has 31 heavy (non-hydrogen) atoms. The number of ether oxygens (including phenoxy) is 1. The normalized spacial score (nSPS) is 11.6. The average molecular weight is 530 g/mol. The quantitative estimate of drug-likeness (QED) is 0.371. The molecule has 0 fully saturated rings. The molecule has 0 aliphatic carbocycles. The van der Waals surface area contributed by atoms with E-state index in [-0.39, 0.29) is 25.0 Å². The van der Waals surface area contributed by atoms with Gasteiger partial charge in [-0.25, -0.2) is 0 Å². The highest BCUT2D eigenvalue weighted by Crippen LogP contribution is 2.28. The molecule has 0 aromatic heterocycles. The summed E-state index contributed by atoms with van der Waals surface area (Å²) in [4.78, 5) is 27.5. The van der Waals surface area contributed by atoms with Crippen molar-refractivity contribution in [2.45, 2.75) is 45.7 Å². The van der Waals surface area contributed by atoms with Crippen molar-refractivity contribution >= 4 is 50.9 Å². The van der Waals surface area contributed by atoms with Crippen molar-refractivity contribution in [3.8, 4) is 5.75 Å². The van der Waals surface area contributed by atoms with Crippen molar-refractivity contribution in [2.75, 3.05) is 13.2 Å². The number of hydrogen-bond acceptors (Lipinski definition) is 3. The van der Waals surface area contributed by atoms with Crippen LogP contribution in [0.3, 0.4) is 0 Å². The minimum Gasteiger partial charge on any atom is -0.483 e. The van der Waals surface area contributed by atoms with Gasteiger partial charge in [-0.1, -0.05) is 55.6 Å². The third-order valence-corrected chi connectivity index (χ3v) is 5.83. The van der Waals surface area contributed by atoms with Gasteiger partial charge in [0.1, 0.15) is 11.8 Å². The highest BCUT2D eigenvalue weighted by molar-refractivity contribution is 9.10. The molecule has 0 radical (unpaired) electrons. The number of rotatable bonds is 11. The molecule has 8 heteroatoms. The van der Waals surface area contributed by atoms with Crippen LogP contribution in [0.2, 0.25) is 10.0 Å². The Morgan fingerprint density at radius 3 is 2.39 bits per heavy atom. The van der Waals surface area contributed by atoms with Gasteiger partial charge in [0.2, 0.25) is 5.91 Å². The first-order valence-corrected chi connectivity index (χ1v) is 11.8. The summed E-state index contributed by atoms with van der Waals surface area (Å²) in [5.74, 6) is 0.0601. The number of halogens is 3. The number of carbonyl (C=O) groups is 2. The molecule has 5 nitrogen and oxygen atoms in total. The predicted molar refractivity (Wildman–Crippen MR) is 129 cm³/mol. The molecule has 0 saturated carbocycles. The first kappa shape index (κ1) is 25.5.